The molecule has 118 valence electrons. The second-order valence-electron chi connectivity index (χ2n) is 5.80. The molecule has 2 atom stereocenters. The SMILES string of the molecule is CCc1nn(C)c(CNCC2CCCCC2C(=O)O)c1Cl. The van der Waals surface area contributed by atoms with Crippen molar-refractivity contribution < 1.29 is 9.90 Å². The minimum Gasteiger partial charge on any atom is -0.481 e. The Hall–Kier alpha value is -1.07. The molecule has 0 spiro atoms. The van der Waals surface area contributed by atoms with Crippen LogP contribution in [0.15, 0.2) is 0 Å². The Labute approximate surface area is 130 Å². The monoisotopic (exact) mass is 313 g/mol. The van der Waals surface area contributed by atoms with Gasteiger partial charge in [0, 0.05) is 13.6 Å². The fraction of sp³-hybridized carbons (Fsp3) is 0.733. The van der Waals surface area contributed by atoms with Gasteiger partial charge in [0.2, 0.25) is 0 Å². The third kappa shape index (κ3) is 3.77. The van der Waals surface area contributed by atoms with Gasteiger partial charge in [0.05, 0.1) is 22.3 Å². The molecule has 1 saturated carbocycles. The summed E-state index contributed by atoms with van der Waals surface area (Å²) in [6, 6.07) is 0. The Bertz CT molecular complexity index is 501. The van der Waals surface area contributed by atoms with E-state index in [-0.39, 0.29) is 11.8 Å². The van der Waals surface area contributed by atoms with E-state index < -0.39 is 5.97 Å². The van der Waals surface area contributed by atoms with Crippen molar-refractivity contribution in [3.05, 3.63) is 16.4 Å². The van der Waals surface area contributed by atoms with Gasteiger partial charge in [-0.2, -0.15) is 5.10 Å². The first kappa shape index (κ1) is 16.3. The van der Waals surface area contributed by atoms with Gasteiger partial charge in [0.25, 0.3) is 0 Å². The molecular weight excluding hydrogens is 290 g/mol. The number of aromatic nitrogens is 2. The molecule has 2 unspecified atom stereocenters. The molecule has 1 fully saturated rings. The lowest BCUT2D eigenvalue weighted by atomic mass is 9.79. The number of carboxylic acids is 1. The van der Waals surface area contributed by atoms with E-state index in [1.165, 1.54) is 0 Å². The Morgan fingerprint density at radius 1 is 1.48 bits per heavy atom. The standard InChI is InChI=1S/C15H24ClN3O2/c1-3-12-14(16)13(19(2)18-12)9-17-8-10-6-4-5-7-11(10)15(20)21/h10-11,17H,3-9H2,1-2H3,(H,20,21). The fourth-order valence-corrected chi connectivity index (χ4v) is 3.53. The molecule has 0 bridgehead atoms. The molecule has 1 heterocycles. The Kier molecular flexibility index (Phi) is 5.65. The quantitative estimate of drug-likeness (QED) is 0.847. The van der Waals surface area contributed by atoms with Crippen molar-refractivity contribution in [3.8, 4) is 0 Å². The molecule has 5 nitrogen and oxygen atoms in total. The minimum absolute atomic E-state index is 0.209. The molecule has 2 rings (SSSR count). The molecule has 0 saturated heterocycles. The Morgan fingerprint density at radius 2 is 2.19 bits per heavy atom. The van der Waals surface area contributed by atoms with Gasteiger partial charge in [-0.1, -0.05) is 31.4 Å². The van der Waals surface area contributed by atoms with Crippen molar-refractivity contribution in [3.63, 3.8) is 0 Å². The van der Waals surface area contributed by atoms with Gasteiger partial charge in [-0.05, 0) is 31.7 Å². The van der Waals surface area contributed by atoms with Crippen LogP contribution in [-0.4, -0.2) is 27.4 Å². The van der Waals surface area contributed by atoms with E-state index >= 15 is 0 Å². The summed E-state index contributed by atoms with van der Waals surface area (Å²) in [5, 5.41) is 17.8. The Balaban J connectivity index is 1.91. The van der Waals surface area contributed by atoms with Crippen LogP contribution in [-0.2, 0) is 24.8 Å². The van der Waals surface area contributed by atoms with Gasteiger partial charge < -0.3 is 10.4 Å². The average molecular weight is 314 g/mol. The number of hydrogen-bond donors (Lipinski definition) is 2. The van der Waals surface area contributed by atoms with Crippen molar-refractivity contribution in [1.82, 2.24) is 15.1 Å². The number of nitrogens with zero attached hydrogens (tertiary/aromatic N) is 2. The molecule has 0 amide bonds. The third-order valence-electron chi connectivity index (χ3n) is 4.43. The lowest BCUT2D eigenvalue weighted by molar-refractivity contribution is -0.144. The number of halogens is 1. The van der Waals surface area contributed by atoms with E-state index in [9.17, 15) is 9.90 Å². The molecule has 0 aliphatic heterocycles. The van der Waals surface area contributed by atoms with E-state index in [0.717, 1.165) is 55.1 Å². The van der Waals surface area contributed by atoms with Crippen molar-refractivity contribution in [2.24, 2.45) is 18.9 Å². The Morgan fingerprint density at radius 3 is 2.81 bits per heavy atom. The van der Waals surface area contributed by atoms with Gasteiger partial charge in [0.15, 0.2) is 0 Å². The highest BCUT2D eigenvalue weighted by molar-refractivity contribution is 6.31. The van der Waals surface area contributed by atoms with Crippen LogP contribution in [0, 0.1) is 11.8 Å². The second kappa shape index (κ2) is 7.27. The molecule has 1 aromatic heterocycles. The van der Waals surface area contributed by atoms with Crippen LogP contribution in [0.1, 0.15) is 44.0 Å². The van der Waals surface area contributed by atoms with Crippen LogP contribution in [0.4, 0.5) is 0 Å². The zero-order valence-electron chi connectivity index (χ0n) is 12.7. The van der Waals surface area contributed by atoms with E-state index in [4.69, 9.17) is 11.6 Å². The summed E-state index contributed by atoms with van der Waals surface area (Å²) < 4.78 is 1.81. The second-order valence-corrected chi connectivity index (χ2v) is 6.18. The zero-order chi connectivity index (χ0) is 15.4. The first-order valence-electron chi connectivity index (χ1n) is 7.68. The van der Waals surface area contributed by atoms with E-state index in [0.29, 0.717) is 6.54 Å². The molecule has 1 aliphatic carbocycles. The molecule has 0 radical (unpaired) electrons. The van der Waals surface area contributed by atoms with E-state index in [1.807, 2.05) is 18.7 Å². The van der Waals surface area contributed by atoms with E-state index in [2.05, 4.69) is 10.4 Å². The van der Waals surface area contributed by atoms with Crippen molar-refractivity contribution in [1.29, 1.82) is 0 Å². The number of aliphatic carboxylic acids is 1. The number of aryl methyl sites for hydroxylation is 2. The van der Waals surface area contributed by atoms with Crippen molar-refractivity contribution in [2.75, 3.05) is 6.54 Å². The number of carbonyl (C=O) groups is 1. The lowest BCUT2D eigenvalue weighted by Gasteiger charge is -2.28. The van der Waals surface area contributed by atoms with Crippen LogP contribution < -0.4 is 5.32 Å². The van der Waals surface area contributed by atoms with E-state index in [1.54, 1.807) is 0 Å². The highest BCUT2D eigenvalue weighted by atomic mass is 35.5. The number of carboxylic acid groups (broad SMARTS) is 1. The summed E-state index contributed by atoms with van der Waals surface area (Å²) in [7, 11) is 1.89. The van der Waals surface area contributed by atoms with Crippen LogP contribution >= 0.6 is 11.6 Å². The molecule has 0 aromatic carbocycles. The van der Waals surface area contributed by atoms with Gasteiger partial charge in [-0.15, -0.1) is 0 Å². The van der Waals surface area contributed by atoms with Crippen LogP contribution in [0.5, 0.6) is 0 Å². The predicted molar refractivity (Wildman–Crippen MR) is 82.4 cm³/mol. The molecular formula is C15H24ClN3O2. The molecule has 21 heavy (non-hydrogen) atoms. The number of hydrogen-bond acceptors (Lipinski definition) is 3. The maximum absolute atomic E-state index is 11.3. The molecule has 1 aromatic rings. The highest BCUT2D eigenvalue weighted by Crippen LogP contribution is 2.30. The topological polar surface area (TPSA) is 67.2 Å². The zero-order valence-corrected chi connectivity index (χ0v) is 13.5. The van der Waals surface area contributed by atoms with Crippen LogP contribution in [0.2, 0.25) is 5.02 Å². The average Bonchev–Trinajstić information content (AvgIpc) is 2.74. The first-order valence-corrected chi connectivity index (χ1v) is 8.06. The normalized spacial score (nSPS) is 22.4. The number of nitrogens with one attached hydrogen (secondary N) is 1. The van der Waals surface area contributed by atoms with Gasteiger partial charge >= 0.3 is 5.97 Å². The third-order valence-corrected chi connectivity index (χ3v) is 4.86. The lowest BCUT2D eigenvalue weighted by Crippen LogP contribution is -2.34. The fourth-order valence-electron chi connectivity index (χ4n) is 3.16. The van der Waals surface area contributed by atoms with Gasteiger partial charge in [-0.25, -0.2) is 0 Å². The summed E-state index contributed by atoms with van der Waals surface area (Å²) in [6.45, 7) is 3.38. The van der Waals surface area contributed by atoms with Gasteiger partial charge in [0.1, 0.15) is 0 Å². The summed E-state index contributed by atoms with van der Waals surface area (Å²) >= 11 is 6.31. The van der Waals surface area contributed by atoms with Crippen molar-refractivity contribution in [2.45, 2.75) is 45.6 Å². The summed E-state index contributed by atoms with van der Waals surface area (Å²) in [4.78, 5) is 11.3. The minimum atomic E-state index is -0.659. The van der Waals surface area contributed by atoms with Crippen LogP contribution in [0.3, 0.4) is 0 Å². The number of rotatable bonds is 6. The van der Waals surface area contributed by atoms with Gasteiger partial charge in [-0.3, -0.25) is 9.48 Å². The highest BCUT2D eigenvalue weighted by Gasteiger charge is 2.30. The molecule has 2 N–H and O–H groups in total. The first-order chi connectivity index (χ1) is 10.0. The van der Waals surface area contributed by atoms with Crippen LogP contribution in [0.25, 0.3) is 0 Å². The summed E-state index contributed by atoms with van der Waals surface area (Å²) in [5.74, 6) is -0.651. The molecule has 1 aliphatic rings. The van der Waals surface area contributed by atoms with Crippen molar-refractivity contribution >= 4 is 17.6 Å². The maximum atomic E-state index is 11.3. The summed E-state index contributed by atoms with van der Waals surface area (Å²) in [6.07, 6.45) is 4.76. The maximum Gasteiger partial charge on any atom is 0.306 e. The summed E-state index contributed by atoms with van der Waals surface area (Å²) in [5.41, 5.74) is 1.88. The largest absolute Gasteiger partial charge is 0.481 e. The smallest absolute Gasteiger partial charge is 0.306 e. The molecule has 6 heteroatoms. The predicted octanol–water partition coefficient (Wildman–Crippen LogP) is 2.62.